The van der Waals surface area contributed by atoms with Crippen LogP contribution in [0.1, 0.15) is 26.7 Å². The highest BCUT2D eigenvalue weighted by Crippen LogP contribution is 2.31. The summed E-state index contributed by atoms with van der Waals surface area (Å²) in [5, 5.41) is 5.44. The van der Waals surface area contributed by atoms with E-state index >= 15 is 0 Å². The van der Waals surface area contributed by atoms with Crippen LogP contribution < -0.4 is 10.1 Å². The molecule has 2 aromatic rings. The second-order valence-corrected chi connectivity index (χ2v) is 5.54. The molecular weight excluding hydrogens is 286 g/mol. The second kappa shape index (κ2) is 7.32. The first-order valence-corrected chi connectivity index (χ1v) is 7.59. The highest BCUT2D eigenvalue weighted by atomic mass is 35.5. The van der Waals surface area contributed by atoms with Crippen LogP contribution in [0.2, 0.25) is 5.02 Å². The van der Waals surface area contributed by atoms with Gasteiger partial charge in [0.05, 0.1) is 0 Å². The van der Waals surface area contributed by atoms with Crippen molar-refractivity contribution in [2.24, 2.45) is 0 Å². The lowest BCUT2D eigenvalue weighted by atomic mass is 10.1. The maximum absolute atomic E-state index is 11.8. The van der Waals surface area contributed by atoms with E-state index < -0.39 is 0 Å². The normalized spacial score (nSPS) is 12.1. The summed E-state index contributed by atoms with van der Waals surface area (Å²) in [6.45, 7) is 4.11. The van der Waals surface area contributed by atoms with Crippen LogP contribution in [0.4, 0.5) is 0 Å². The third-order valence-electron chi connectivity index (χ3n) is 3.32. The predicted octanol–water partition coefficient (Wildman–Crippen LogP) is 4.18. The van der Waals surface area contributed by atoms with Gasteiger partial charge in [0, 0.05) is 21.8 Å². The smallest absolute Gasteiger partial charge is 0.258 e. The van der Waals surface area contributed by atoms with Gasteiger partial charge >= 0.3 is 0 Å². The lowest BCUT2D eigenvalue weighted by molar-refractivity contribution is -0.123. The quantitative estimate of drug-likeness (QED) is 0.869. The molecule has 3 nitrogen and oxygen atoms in total. The lowest BCUT2D eigenvalue weighted by Crippen LogP contribution is -2.35. The fraction of sp³-hybridized carbons (Fsp3) is 0.353. The number of nitrogens with one attached hydrogen (secondary N) is 1. The number of fused-ring (bicyclic) bond motifs is 1. The fourth-order valence-electron chi connectivity index (χ4n) is 2.33. The Bertz CT molecular complexity index is 627. The van der Waals surface area contributed by atoms with Crippen molar-refractivity contribution in [1.29, 1.82) is 0 Å². The van der Waals surface area contributed by atoms with E-state index in [9.17, 15) is 4.79 Å². The third kappa shape index (κ3) is 4.11. The van der Waals surface area contributed by atoms with E-state index in [2.05, 4.69) is 12.2 Å². The zero-order chi connectivity index (χ0) is 15.2. The van der Waals surface area contributed by atoms with E-state index in [1.807, 2.05) is 31.2 Å². The maximum Gasteiger partial charge on any atom is 0.258 e. The van der Waals surface area contributed by atoms with Crippen LogP contribution >= 0.6 is 11.6 Å². The molecule has 0 aromatic heterocycles. The first-order valence-electron chi connectivity index (χ1n) is 7.21. The van der Waals surface area contributed by atoms with Gasteiger partial charge in [-0.05, 0) is 25.5 Å². The van der Waals surface area contributed by atoms with Crippen LogP contribution in [0, 0.1) is 0 Å². The van der Waals surface area contributed by atoms with Gasteiger partial charge in [-0.15, -0.1) is 0 Å². The van der Waals surface area contributed by atoms with Gasteiger partial charge in [0.2, 0.25) is 0 Å². The molecule has 1 atom stereocenters. The Morgan fingerprint density at radius 2 is 1.95 bits per heavy atom. The summed E-state index contributed by atoms with van der Waals surface area (Å²) >= 11 is 6.16. The number of hydrogen-bond donors (Lipinski definition) is 1. The van der Waals surface area contributed by atoms with Crippen molar-refractivity contribution in [3.63, 3.8) is 0 Å². The summed E-state index contributed by atoms with van der Waals surface area (Å²) in [7, 11) is 0. The van der Waals surface area contributed by atoms with Crippen LogP contribution in [0.15, 0.2) is 36.4 Å². The van der Waals surface area contributed by atoms with Gasteiger partial charge in [-0.3, -0.25) is 4.79 Å². The molecule has 0 heterocycles. The number of halogens is 1. The summed E-state index contributed by atoms with van der Waals surface area (Å²) < 4.78 is 5.64. The molecule has 0 fully saturated rings. The molecule has 0 spiro atoms. The molecule has 0 unspecified atom stereocenters. The number of rotatable bonds is 6. The summed E-state index contributed by atoms with van der Waals surface area (Å²) in [5.41, 5.74) is 0. The predicted molar refractivity (Wildman–Crippen MR) is 87.0 cm³/mol. The van der Waals surface area contributed by atoms with Gasteiger partial charge in [-0.2, -0.15) is 0 Å². The van der Waals surface area contributed by atoms with Crippen molar-refractivity contribution in [3.05, 3.63) is 41.4 Å². The van der Waals surface area contributed by atoms with Crippen molar-refractivity contribution >= 4 is 28.3 Å². The van der Waals surface area contributed by atoms with Gasteiger partial charge in [-0.25, -0.2) is 0 Å². The Balaban J connectivity index is 2.04. The topological polar surface area (TPSA) is 38.3 Å². The summed E-state index contributed by atoms with van der Waals surface area (Å²) in [4.78, 5) is 11.8. The molecule has 0 bridgehead atoms. The number of amides is 1. The van der Waals surface area contributed by atoms with Crippen molar-refractivity contribution < 1.29 is 9.53 Å². The van der Waals surface area contributed by atoms with Crippen LogP contribution in [-0.4, -0.2) is 18.6 Å². The SMILES string of the molecule is CCC[C@@H](C)NC(=O)COc1ccc(Cl)c2ccccc12. The average molecular weight is 306 g/mol. The molecule has 112 valence electrons. The highest BCUT2D eigenvalue weighted by molar-refractivity contribution is 6.35. The number of hydrogen-bond acceptors (Lipinski definition) is 2. The molecule has 0 aliphatic carbocycles. The molecule has 21 heavy (non-hydrogen) atoms. The van der Waals surface area contributed by atoms with E-state index in [1.54, 1.807) is 12.1 Å². The zero-order valence-corrected chi connectivity index (χ0v) is 13.1. The van der Waals surface area contributed by atoms with Crippen LogP contribution in [0.25, 0.3) is 10.8 Å². The second-order valence-electron chi connectivity index (χ2n) is 5.14. The Morgan fingerprint density at radius 3 is 2.67 bits per heavy atom. The van der Waals surface area contributed by atoms with E-state index in [1.165, 1.54) is 0 Å². The number of benzene rings is 2. The lowest BCUT2D eigenvalue weighted by Gasteiger charge is -2.14. The molecular formula is C17H20ClNO2. The average Bonchev–Trinajstić information content (AvgIpc) is 2.47. The Kier molecular flexibility index (Phi) is 5.45. The van der Waals surface area contributed by atoms with E-state index in [-0.39, 0.29) is 18.6 Å². The monoisotopic (exact) mass is 305 g/mol. The molecule has 0 aliphatic heterocycles. The summed E-state index contributed by atoms with van der Waals surface area (Å²) in [6.07, 6.45) is 2.01. The number of carbonyl (C=O) groups excluding carboxylic acids is 1. The van der Waals surface area contributed by atoms with Gasteiger partial charge in [0.15, 0.2) is 6.61 Å². The minimum absolute atomic E-state index is 0.0136. The highest BCUT2D eigenvalue weighted by Gasteiger charge is 2.09. The van der Waals surface area contributed by atoms with Crippen molar-refractivity contribution in [2.75, 3.05) is 6.61 Å². The minimum Gasteiger partial charge on any atom is -0.483 e. The fourth-order valence-corrected chi connectivity index (χ4v) is 2.55. The standard InChI is InChI=1S/C17H20ClNO2/c1-3-6-12(2)19-17(20)11-21-16-10-9-15(18)13-7-4-5-8-14(13)16/h4-5,7-10,12H,3,6,11H2,1-2H3,(H,19,20)/t12-/m1/s1. The molecule has 4 heteroatoms. The summed E-state index contributed by atoms with van der Waals surface area (Å²) in [5.74, 6) is 0.572. The molecule has 0 saturated heterocycles. The third-order valence-corrected chi connectivity index (χ3v) is 3.65. The Hall–Kier alpha value is -1.74. The van der Waals surface area contributed by atoms with Crippen molar-refractivity contribution in [2.45, 2.75) is 32.7 Å². The number of ether oxygens (including phenoxy) is 1. The Morgan fingerprint density at radius 1 is 1.24 bits per heavy atom. The first-order chi connectivity index (χ1) is 10.1. The zero-order valence-electron chi connectivity index (χ0n) is 12.4. The van der Waals surface area contributed by atoms with Crippen molar-refractivity contribution in [3.8, 4) is 5.75 Å². The maximum atomic E-state index is 11.8. The van der Waals surface area contributed by atoms with E-state index in [0.717, 1.165) is 23.6 Å². The molecule has 0 aliphatic rings. The Labute approximate surface area is 130 Å². The van der Waals surface area contributed by atoms with Gasteiger partial charge in [0.1, 0.15) is 5.75 Å². The minimum atomic E-state index is -0.102. The largest absolute Gasteiger partial charge is 0.483 e. The number of carbonyl (C=O) groups is 1. The molecule has 1 N–H and O–H groups in total. The van der Waals surface area contributed by atoms with Crippen LogP contribution in [-0.2, 0) is 4.79 Å². The van der Waals surface area contributed by atoms with E-state index in [0.29, 0.717) is 10.8 Å². The van der Waals surface area contributed by atoms with E-state index in [4.69, 9.17) is 16.3 Å². The van der Waals surface area contributed by atoms with Crippen molar-refractivity contribution in [1.82, 2.24) is 5.32 Å². The molecule has 0 saturated carbocycles. The van der Waals surface area contributed by atoms with Crippen LogP contribution in [0.3, 0.4) is 0 Å². The molecule has 2 aromatic carbocycles. The summed E-state index contributed by atoms with van der Waals surface area (Å²) in [6, 6.07) is 11.5. The first kappa shape index (κ1) is 15.6. The molecule has 0 radical (unpaired) electrons. The van der Waals surface area contributed by atoms with Gasteiger partial charge in [-0.1, -0.05) is 49.2 Å². The van der Waals surface area contributed by atoms with Crippen LogP contribution in [0.5, 0.6) is 5.75 Å². The van der Waals surface area contributed by atoms with Gasteiger partial charge < -0.3 is 10.1 Å². The molecule has 1 amide bonds. The van der Waals surface area contributed by atoms with Gasteiger partial charge in [0.25, 0.3) is 5.91 Å². The molecule has 2 rings (SSSR count).